The van der Waals surface area contributed by atoms with Gasteiger partial charge in [-0.15, -0.1) is 0 Å². The molecule has 0 atom stereocenters. The van der Waals surface area contributed by atoms with E-state index in [-0.39, 0.29) is 11.7 Å². The first-order chi connectivity index (χ1) is 10.2. The van der Waals surface area contributed by atoms with E-state index in [1.165, 1.54) is 12.1 Å². The van der Waals surface area contributed by atoms with Gasteiger partial charge in [0.15, 0.2) is 0 Å². The van der Waals surface area contributed by atoms with Gasteiger partial charge >= 0.3 is 0 Å². The lowest BCUT2D eigenvalue weighted by atomic mass is 10.0. The van der Waals surface area contributed by atoms with Crippen molar-refractivity contribution in [3.05, 3.63) is 30.1 Å². The molecule has 2 rings (SSSR count). The van der Waals surface area contributed by atoms with Crippen molar-refractivity contribution in [1.29, 1.82) is 0 Å². The molecule has 0 radical (unpaired) electrons. The molecule has 0 aliphatic carbocycles. The first-order valence-electron chi connectivity index (χ1n) is 7.69. The molecule has 0 aromatic heterocycles. The largest absolute Gasteiger partial charge is 0.325 e. The highest BCUT2D eigenvalue weighted by Gasteiger charge is 2.22. The maximum absolute atomic E-state index is 12.9. The van der Waals surface area contributed by atoms with Crippen LogP contribution in [0.1, 0.15) is 26.2 Å². The summed E-state index contributed by atoms with van der Waals surface area (Å²) < 4.78 is 12.9. The van der Waals surface area contributed by atoms with Crippen LogP contribution in [0.3, 0.4) is 0 Å². The molecule has 1 aromatic rings. The van der Waals surface area contributed by atoms with Crippen LogP contribution in [0.15, 0.2) is 24.3 Å². The van der Waals surface area contributed by atoms with E-state index in [2.05, 4.69) is 22.5 Å². The van der Waals surface area contributed by atoms with Gasteiger partial charge in [0, 0.05) is 11.7 Å². The van der Waals surface area contributed by atoms with E-state index in [1.54, 1.807) is 12.1 Å². The molecule has 0 saturated carbocycles. The molecule has 1 amide bonds. The molecular weight excluding hydrogens is 269 g/mol. The average molecular weight is 293 g/mol. The van der Waals surface area contributed by atoms with Crippen LogP contribution >= 0.6 is 0 Å². The molecule has 5 heteroatoms. The highest BCUT2D eigenvalue weighted by molar-refractivity contribution is 5.92. The number of nitrogens with zero attached hydrogens (tertiary/aromatic N) is 1. The number of anilines is 1. The van der Waals surface area contributed by atoms with Gasteiger partial charge < -0.3 is 10.6 Å². The van der Waals surface area contributed by atoms with Crippen LogP contribution in [0.25, 0.3) is 0 Å². The minimum atomic E-state index is -0.296. The first kappa shape index (κ1) is 15.9. The fourth-order valence-corrected chi connectivity index (χ4v) is 2.77. The third kappa shape index (κ3) is 5.10. The van der Waals surface area contributed by atoms with E-state index in [0.717, 1.165) is 38.9 Å². The zero-order valence-electron chi connectivity index (χ0n) is 12.6. The van der Waals surface area contributed by atoms with E-state index in [9.17, 15) is 9.18 Å². The predicted octanol–water partition coefficient (Wildman–Crippen LogP) is 2.23. The molecule has 1 saturated heterocycles. The molecule has 4 nitrogen and oxygen atoms in total. The van der Waals surface area contributed by atoms with E-state index in [1.807, 2.05) is 0 Å². The van der Waals surface area contributed by atoms with Crippen LogP contribution in [0.4, 0.5) is 10.1 Å². The summed E-state index contributed by atoms with van der Waals surface area (Å²) in [6, 6.07) is 6.35. The van der Waals surface area contributed by atoms with Crippen molar-refractivity contribution in [3.63, 3.8) is 0 Å². The Morgan fingerprint density at radius 1 is 1.33 bits per heavy atom. The molecule has 1 heterocycles. The number of hydrogen-bond acceptors (Lipinski definition) is 3. The number of hydrogen-bond donors (Lipinski definition) is 2. The Hall–Kier alpha value is -1.46. The third-order valence-electron chi connectivity index (χ3n) is 3.81. The second-order valence-electron chi connectivity index (χ2n) is 5.51. The fraction of sp³-hybridized carbons (Fsp3) is 0.562. The summed E-state index contributed by atoms with van der Waals surface area (Å²) in [5.74, 6) is -0.330. The lowest BCUT2D eigenvalue weighted by Gasteiger charge is -2.34. The zero-order chi connectivity index (χ0) is 15.1. The molecule has 1 aromatic carbocycles. The smallest absolute Gasteiger partial charge is 0.238 e. The van der Waals surface area contributed by atoms with Crippen molar-refractivity contribution in [1.82, 2.24) is 10.2 Å². The Bertz CT molecular complexity index is 443. The van der Waals surface area contributed by atoms with Gasteiger partial charge in [0.25, 0.3) is 0 Å². The first-order valence-corrected chi connectivity index (χ1v) is 7.69. The number of piperidine rings is 1. The highest BCUT2D eigenvalue weighted by atomic mass is 19.1. The Balaban J connectivity index is 1.89. The van der Waals surface area contributed by atoms with Crippen molar-refractivity contribution in [2.45, 2.75) is 32.2 Å². The van der Waals surface area contributed by atoms with Crippen LogP contribution in [-0.2, 0) is 4.79 Å². The molecule has 0 bridgehead atoms. The van der Waals surface area contributed by atoms with E-state index in [4.69, 9.17) is 0 Å². The Morgan fingerprint density at radius 3 is 2.62 bits per heavy atom. The molecular formula is C16H24FN3O. The Kier molecular flexibility index (Phi) is 6.14. The minimum absolute atomic E-state index is 0.0337. The summed E-state index contributed by atoms with van der Waals surface area (Å²) in [4.78, 5) is 14.4. The van der Waals surface area contributed by atoms with Crippen LogP contribution < -0.4 is 10.6 Å². The van der Waals surface area contributed by atoms with Crippen molar-refractivity contribution in [3.8, 4) is 0 Å². The van der Waals surface area contributed by atoms with Gasteiger partial charge in [-0.05, 0) is 63.2 Å². The Labute approximate surface area is 125 Å². The monoisotopic (exact) mass is 293 g/mol. The lowest BCUT2D eigenvalue weighted by Crippen LogP contribution is -2.46. The Morgan fingerprint density at radius 2 is 2.00 bits per heavy atom. The van der Waals surface area contributed by atoms with Crippen molar-refractivity contribution < 1.29 is 9.18 Å². The molecule has 1 aliphatic rings. The molecule has 116 valence electrons. The molecule has 21 heavy (non-hydrogen) atoms. The van der Waals surface area contributed by atoms with Crippen LogP contribution in [-0.4, -0.2) is 43.0 Å². The van der Waals surface area contributed by atoms with Gasteiger partial charge in [-0.25, -0.2) is 4.39 Å². The molecule has 1 aliphatic heterocycles. The second-order valence-corrected chi connectivity index (χ2v) is 5.51. The number of rotatable bonds is 6. The van der Waals surface area contributed by atoms with E-state index >= 15 is 0 Å². The quantitative estimate of drug-likeness (QED) is 0.845. The van der Waals surface area contributed by atoms with E-state index in [0.29, 0.717) is 18.3 Å². The van der Waals surface area contributed by atoms with Crippen molar-refractivity contribution in [2.24, 2.45) is 0 Å². The molecule has 0 unspecified atom stereocenters. The molecule has 1 fully saturated rings. The zero-order valence-corrected chi connectivity index (χ0v) is 12.6. The predicted molar refractivity (Wildman–Crippen MR) is 82.8 cm³/mol. The number of benzene rings is 1. The van der Waals surface area contributed by atoms with Crippen molar-refractivity contribution >= 4 is 11.6 Å². The number of amides is 1. The summed E-state index contributed by atoms with van der Waals surface area (Å²) in [7, 11) is 0. The molecule has 2 N–H and O–H groups in total. The van der Waals surface area contributed by atoms with E-state index < -0.39 is 0 Å². The normalized spacial score (nSPS) is 16.1. The van der Waals surface area contributed by atoms with Gasteiger partial charge in [0.1, 0.15) is 5.82 Å². The van der Waals surface area contributed by atoms with Gasteiger partial charge in [0.05, 0.1) is 6.54 Å². The summed E-state index contributed by atoms with van der Waals surface area (Å²) in [6.45, 7) is 5.50. The number of carbonyl (C=O) groups is 1. The van der Waals surface area contributed by atoms with Crippen molar-refractivity contribution in [2.75, 3.05) is 31.5 Å². The van der Waals surface area contributed by atoms with Crippen LogP contribution in [0, 0.1) is 5.82 Å². The van der Waals surface area contributed by atoms with Gasteiger partial charge in [0.2, 0.25) is 5.91 Å². The molecule has 0 spiro atoms. The fourth-order valence-electron chi connectivity index (χ4n) is 2.77. The number of nitrogens with one attached hydrogen (secondary N) is 2. The summed E-state index contributed by atoms with van der Waals surface area (Å²) in [5.41, 5.74) is 0.642. The van der Waals surface area contributed by atoms with Crippen LogP contribution in [0.2, 0.25) is 0 Å². The summed E-state index contributed by atoms with van der Waals surface area (Å²) >= 11 is 0. The minimum Gasteiger partial charge on any atom is -0.325 e. The maximum atomic E-state index is 12.9. The average Bonchev–Trinajstić information content (AvgIpc) is 2.50. The highest BCUT2D eigenvalue weighted by Crippen LogP contribution is 2.13. The van der Waals surface area contributed by atoms with Crippen LogP contribution in [0.5, 0.6) is 0 Å². The van der Waals surface area contributed by atoms with Gasteiger partial charge in [-0.3, -0.25) is 9.69 Å². The van der Waals surface area contributed by atoms with Gasteiger partial charge in [-0.1, -0.05) is 6.92 Å². The lowest BCUT2D eigenvalue weighted by molar-refractivity contribution is -0.118. The summed E-state index contributed by atoms with van der Waals surface area (Å²) in [6.07, 6.45) is 3.21. The standard InChI is InChI=1S/C16H24FN3O/c1-2-11-20(15-7-9-18-10-8-15)12-16(21)19-14-5-3-13(17)4-6-14/h3-6,15,18H,2,7-12H2,1H3,(H,19,21). The SMILES string of the molecule is CCCN(CC(=O)Nc1ccc(F)cc1)C1CCNCC1. The topological polar surface area (TPSA) is 44.4 Å². The van der Waals surface area contributed by atoms with Gasteiger partial charge in [-0.2, -0.15) is 0 Å². The third-order valence-corrected chi connectivity index (χ3v) is 3.81. The number of halogens is 1. The number of carbonyl (C=O) groups excluding carboxylic acids is 1. The second kappa shape index (κ2) is 8.10. The summed E-state index contributed by atoms with van der Waals surface area (Å²) in [5, 5.41) is 6.18. The maximum Gasteiger partial charge on any atom is 0.238 e.